The number of nitrogens with zero attached hydrogens (tertiary/aromatic N) is 2. The van der Waals surface area contributed by atoms with E-state index in [4.69, 9.17) is 10.5 Å². The summed E-state index contributed by atoms with van der Waals surface area (Å²) in [5.74, 6) is 0.103. The summed E-state index contributed by atoms with van der Waals surface area (Å²) in [5.41, 5.74) is 5.64. The van der Waals surface area contributed by atoms with E-state index in [1.807, 2.05) is 20.8 Å². The molecule has 0 saturated heterocycles. The monoisotopic (exact) mass is 323 g/mol. The van der Waals surface area contributed by atoms with Crippen LogP contribution in [0.3, 0.4) is 0 Å². The Kier molecular flexibility index (Phi) is 8.40. The number of nitrogens with two attached hydrogens (primary N) is 1. The minimum absolute atomic E-state index is 0.0748. The molecule has 1 rings (SSSR count). The maximum atomic E-state index is 12.3. The molecule has 0 aliphatic heterocycles. The van der Waals surface area contributed by atoms with Crippen LogP contribution in [-0.4, -0.2) is 41.1 Å². The highest BCUT2D eigenvalue weighted by atomic mass is 16.5. The lowest BCUT2D eigenvalue weighted by Crippen LogP contribution is -2.37. The van der Waals surface area contributed by atoms with Gasteiger partial charge in [-0.1, -0.05) is 20.8 Å². The summed E-state index contributed by atoms with van der Waals surface area (Å²) in [6.07, 6.45) is 4.28. The van der Waals surface area contributed by atoms with Crippen LogP contribution in [0.25, 0.3) is 0 Å². The van der Waals surface area contributed by atoms with E-state index in [0.717, 1.165) is 19.3 Å². The molecule has 1 heterocycles. The number of pyridine rings is 1. The summed E-state index contributed by atoms with van der Waals surface area (Å²) < 4.78 is 6.99. The Morgan fingerprint density at radius 1 is 1.30 bits per heavy atom. The van der Waals surface area contributed by atoms with Gasteiger partial charge in [0.25, 0.3) is 11.5 Å². The van der Waals surface area contributed by atoms with E-state index >= 15 is 0 Å². The standard InChI is InChI=1S/C17H29N3O3/c1-4-9-19(10-5-2)16(21)13-23-15-8-7-11-20(17(15)22)12-14(18)6-3/h7-8,11,14H,4-6,9-10,12-13,18H2,1-3H3. The summed E-state index contributed by atoms with van der Waals surface area (Å²) in [6.45, 7) is 7.79. The average molecular weight is 323 g/mol. The van der Waals surface area contributed by atoms with Gasteiger partial charge in [0.2, 0.25) is 0 Å². The number of ether oxygens (including phenoxy) is 1. The quantitative estimate of drug-likeness (QED) is 0.709. The third kappa shape index (κ3) is 6.06. The van der Waals surface area contributed by atoms with E-state index in [0.29, 0.717) is 19.6 Å². The highest BCUT2D eigenvalue weighted by Crippen LogP contribution is 2.04. The van der Waals surface area contributed by atoms with Crippen LogP contribution in [0.1, 0.15) is 40.0 Å². The fraction of sp³-hybridized carbons (Fsp3) is 0.647. The number of carbonyl (C=O) groups excluding carboxylic acids is 1. The second-order valence-corrected chi connectivity index (χ2v) is 5.67. The number of rotatable bonds is 10. The van der Waals surface area contributed by atoms with Crippen molar-refractivity contribution in [3.8, 4) is 5.75 Å². The molecule has 1 amide bonds. The Hall–Kier alpha value is -1.82. The molecule has 0 radical (unpaired) electrons. The summed E-state index contributed by atoms with van der Waals surface area (Å²) in [4.78, 5) is 26.3. The molecule has 0 fully saturated rings. The van der Waals surface area contributed by atoms with Crippen molar-refractivity contribution in [2.75, 3.05) is 19.7 Å². The van der Waals surface area contributed by atoms with Gasteiger partial charge in [0, 0.05) is 31.9 Å². The Balaban J connectivity index is 2.72. The van der Waals surface area contributed by atoms with Gasteiger partial charge < -0.3 is 19.9 Å². The normalized spacial score (nSPS) is 12.0. The number of hydrogen-bond acceptors (Lipinski definition) is 4. The second kappa shape index (κ2) is 10.0. The van der Waals surface area contributed by atoms with Crippen LogP contribution in [0.15, 0.2) is 23.1 Å². The van der Waals surface area contributed by atoms with Crippen LogP contribution in [0.2, 0.25) is 0 Å². The van der Waals surface area contributed by atoms with Crippen molar-refractivity contribution in [2.24, 2.45) is 5.73 Å². The molecule has 0 saturated carbocycles. The van der Waals surface area contributed by atoms with Crippen LogP contribution in [-0.2, 0) is 11.3 Å². The van der Waals surface area contributed by atoms with Gasteiger partial charge in [-0.2, -0.15) is 0 Å². The smallest absolute Gasteiger partial charge is 0.292 e. The maximum absolute atomic E-state index is 12.3. The zero-order valence-corrected chi connectivity index (χ0v) is 14.5. The molecule has 0 aliphatic rings. The van der Waals surface area contributed by atoms with Gasteiger partial charge in [0.05, 0.1) is 0 Å². The molecule has 23 heavy (non-hydrogen) atoms. The number of hydrogen-bond donors (Lipinski definition) is 1. The third-order valence-electron chi connectivity index (χ3n) is 3.63. The van der Waals surface area contributed by atoms with Gasteiger partial charge in [-0.25, -0.2) is 0 Å². The van der Waals surface area contributed by atoms with Gasteiger partial charge in [-0.05, 0) is 31.4 Å². The molecule has 0 aliphatic carbocycles. The predicted octanol–water partition coefficient (Wildman–Crippen LogP) is 1.61. The molecule has 2 N–H and O–H groups in total. The van der Waals surface area contributed by atoms with E-state index < -0.39 is 0 Å². The van der Waals surface area contributed by atoms with Crippen molar-refractivity contribution in [3.63, 3.8) is 0 Å². The van der Waals surface area contributed by atoms with Crippen molar-refractivity contribution >= 4 is 5.91 Å². The van der Waals surface area contributed by atoms with Crippen molar-refractivity contribution in [1.82, 2.24) is 9.47 Å². The summed E-state index contributed by atoms with van der Waals surface area (Å²) in [6, 6.07) is 3.25. The van der Waals surface area contributed by atoms with Gasteiger partial charge >= 0.3 is 0 Å². The van der Waals surface area contributed by atoms with Crippen molar-refractivity contribution in [2.45, 2.75) is 52.6 Å². The number of amides is 1. The molecule has 0 aromatic carbocycles. The Labute approximate surface area is 138 Å². The van der Waals surface area contributed by atoms with Gasteiger partial charge in [-0.15, -0.1) is 0 Å². The zero-order chi connectivity index (χ0) is 17.2. The number of carbonyl (C=O) groups is 1. The molecular weight excluding hydrogens is 294 g/mol. The van der Waals surface area contributed by atoms with Gasteiger partial charge in [0.1, 0.15) is 0 Å². The summed E-state index contributed by atoms with van der Waals surface area (Å²) in [7, 11) is 0. The largest absolute Gasteiger partial charge is 0.478 e. The van der Waals surface area contributed by atoms with Crippen LogP contribution in [0.4, 0.5) is 0 Å². The Morgan fingerprint density at radius 3 is 2.52 bits per heavy atom. The van der Waals surface area contributed by atoms with Crippen LogP contribution < -0.4 is 16.0 Å². The number of aromatic nitrogens is 1. The Morgan fingerprint density at radius 2 is 1.96 bits per heavy atom. The molecule has 0 bridgehead atoms. The molecule has 1 aromatic rings. The molecule has 1 aromatic heterocycles. The highest BCUT2D eigenvalue weighted by molar-refractivity contribution is 5.77. The predicted molar refractivity (Wildman–Crippen MR) is 91.6 cm³/mol. The first-order valence-corrected chi connectivity index (χ1v) is 8.39. The first-order chi connectivity index (χ1) is 11.0. The fourth-order valence-corrected chi connectivity index (χ4v) is 2.28. The van der Waals surface area contributed by atoms with Crippen LogP contribution >= 0.6 is 0 Å². The minimum Gasteiger partial charge on any atom is -0.478 e. The molecule has 0 spiro atoms. The van der Waals surface area contributed by atoms with E-state index in [9.17, 15) is 9.59 Å². The van der Waals surface area contributed by atoms with E-state index in [1.54, 1.807) is 23.2 Å². The summed E-state index contributed by atoms with van der Waals surface area (Å²) in [5, 5.41) is 0. The van der Waals surface area contributed by atoms with Crippen LogP contribution in [0, 0.1) is 0 Å². The first-order valence-electron chi connectivity index (χ1n) is 8.39. The SMILES string of the molecule is CCCN(CCC)C(=O)COc1cccn(CC(N)CC)c1=O. The van der Waals surface area contributed by atoms with E-state index in [2.05, 4.69) is 0 Å². The lowest BCUT2D eigenvalue weighted by molar-refractivity contribution is -0.133. The van der Waals surface area contributed by atoms with Crippen LogP contribution in [0.5, 0.6) is 5.75 Å². The van der Waals surface area contributed by atoms with Gasteiger partial charge in [0.15, 0.2) is 12.4 Å². The summed E-state index contributed by atoms with van der Waals surface area (Å²) >= 11 is 0. The Bertz CT molecular complexity index is 536. The maximum Gasteiger partial charge on any atom is 0.292 e. The third-order valence-corrected chi connectivity index (χ3v) is 3.63. The van der Waals surface area contributed by atoms with E-state index in [-0.39, 0.29) is 29.9 Å². The topological polar surface area (TPSA) is 77.6 Å². The molecule has 6 heteroatoms. The molecular formula is C17H29N3O3. The molecule has 6 nitrogen and oxygen atoms in total. The van der Waals surface area contributed by atoms with Gasteiger partial charge in [-0.3, -0.25) is 9.59 Å². The fourth-order valence-electron chi connectivity index (χ4n) is 2.28. The highest BCUT2D eigenvalue weighted by Gasteiger charge is 2.14. The minimum atomic E-state index is -0.248. The van der Waals surface area contributed by atoms with Crippen molar-refractivity contribution in [3.05, 3.63) is 28.7 Å². The van der Waals surface area contributed by atoms with Crippen molar-refractivity contribution in [1.29, 1.82) is 0 Å². The molecule has 1 atom stereocenters. The average Bonchev–Trinajstić information content (AvgIpc) is 2.55. The van der Waals surface area contributed by atoms with E-state index in [1.165, 1.54) is 4.57 Å². The molecule has 130 valence electrons. The first kappa shape index (κ1) is 19.2. The van der Waals surface area contributed by atoms with Crippen molar-refractivity contribution < 1.29 is 9.53 Å². The zero-order valence-electron chi connectivity index (χ0n) is 14.5. The second-order valence-electron chi connectivity index (χ2n) is 5.67. The lowest BCUT2D eigenvalue weighted by Gasteiger charge is -2.21. The molecule has 1 unspecified atom stereocenters. The lowest BCUT2D eigenvalue weighted by atomic mass is 10.2.